The Morgan fingerprint density at radius 1 is 0.739 bits per heavy atom. The van der Waals surface area contributed by atoms with E-state index in [1.54, 1.807) is 0 Å². The SMILES string of the molecule is COC(=O)CCCCCCCCC(=O)C[C@@H](C)CCC(=O)OC. The molecule has 0 radical (unpaired) electrons. The van der Waals surface area contributed by atoms with Gasteiger partial charge in [0.2, 0.25) is 0 Å². The van der Waals surface area contributed by atoms with Crippen LogP contribution < -0.4 is 0 Å². The molecule has 0 aliphatic carbocycles. The molecule has 0 aliphatic heterocycles. The fraction of sp³-hybridized carbons (Fsp3) is 0.833. The average Bonchev–Trinajstić information content (AvgIpc) is 2.54. The second kappa shape index (κ2) is 14.2. The van der Waals surface area contributed by atoms with Crippen molar-refractivity contribution in [2.24, 2.45) is 5.92 Å². The maximum Gasteiger partial charge on any atom is 0.305 e. The van der Waals surface area contributed by atoms with Crippen molar-refractivity contribution in [2.45, 2.75) is 77.6 Å². The van der Waals surface area contributed by atoms with Crippen molar-refractivity contribution in [2.75, 3.05) is 14.2 Å². The Balaban J connectivity index is 3.46. The van der Waals surface area contributed by atoms with E-state index >= 15 is 0 Å². The molecular weight excluding hydrogens is 296 g/mol. The molecule has 5 nitrogen and oxygen atoms in total. The summed E-state index contributed by atoms with van der Waals surface area (Å²) in [6.07, 6.45) is 8.87. The van der Waals surface area contributed by atoms with Crippen molar-refractivity contribution >= 4 is 17.7 Å². The highest BCUT2D eigenvalue weighted by atomic mass is 16.5. The van der Waals surface area contributed by atoms with Crippen LogP contribution in [-0.2, 0) is 23.9 Å². The maximum absolute atomic E-state index is 11.8. The lowest BCUT2D eigenvalue weighted by atomic mass is 9.96. The number of hydrogen-bond donors (Lipinski definition) is 0. The van der Waals surface area contributed by atoms with Gasteiger partial charge in [-0.3, -0.25) is 14.4 Å². The van der Waals surface area contributed by atoms with Crippen molar-refractivity contribution in [3.8, 4) is 0 Å². The summed E-state index contributed by atoms with van der Waals surface area (Å²) in [5.41, 5.74) is 0. The van der Waals surface area contributed by atoms with E-state index in [-0.39, 0.29) is 23.6 Å². The number of ketones is 1. The van der Waals surface area contributed by atoms with Crippen LogP contribution in [0.5, 0.6) is 0 Å². The predicted octanol–water partition coefficient (Wildman–Crippen LogP) is 3.83. The minimum Gasteiger partial charge on any atom is -0.469 e. The zero-order valence-electron chi connectivity index (χ0n) is 14.9. The number of carbonyl (C=O) groups excluding carboxylic acids is 3. The van der Waals surface area contributed by atoms with Crippen molar-refractivity contribution < 1.29 is 23.9 Å². The van der Waals surface area contributed by atoms with Gasteiger partial charge in [-0.2, -0.15) is 0 Å². The lowest BCUT2D eigenvalue weighted by Crippen LogP contribution is -2.08. The van der Waals surface area contributed by atoms with Crippen molar-refractivity contribution in [3.63, 3.8) is 0 Å². The Bertz CT molecular complexity index is 351. The second-order valence-electron chi connectivity index (χ2n) is 6.16. The summed E-state index contributed by atoms with van der Waals surface area (Å²) in [4.78, 5) is 33.8. The van der Waals surface area contributed by atoms with Crippen LogP contribution in [0.15, 0.2) is 0 Å². The fourth-order valence-corrected chi connectivity index (χ4v) is 2.46. The first-order chi connectivity index (χ1) is 11.0. The monoisotopic (exact) mass is 328 g/mol. The molecule has 0 fully saturated rings. The molecule has 0 heterocycles. The summed E-state index contributed by atoms with van der Waals surface area (Å²) < 4.78 is 9.18. The Hall–Kier alpha value is -1.39. The molecule has 0 saturated carbocycles. The number of Topliss-reactive ketones (excluding diaryl/α,β-unsaturated/α-hetero) is 1. The molecule has 0 aromatic heterocycles. The molecule has 0 aromatic rings. The third kappa shape index (κ3) is 14.0. The summed E-state index contributed by atoms with van der Waals surface area (Å²) in [6, 6.07) is 0. The number of hydrogen-bond acceptors (Lipinski definition) is 5. The molecule has 0 amide bonds. The molecule has 0 saturated heterocycles. The van der Waals surface area contributed by atoms with Crippen LogP contribution in [0.3, 0.4) is 0 Å². The lowest BCUT2D eigenvalue weighted by Gasteiger charge is -2.09. The van der Waals surface area contributed by atoms with Gasteiger partial charge in [-0.25, -0.2) is 0 Å². The number of unbranched alkanes of at least 4 members (excludes halogenated alkanes) is 5. The molecule has 0 unspecified atom stereocenters. The lowest BCUT2D eigenvalue weighted by molar-refractivity contribution is -0.141. The zero-order chi connectivity index (χ0) is 17.5. The minimum absolute atomic E-state index is 0.142. The smallest absolute Gasteiger partial charge is 0.305 e. The van der Waals surface area contributed by atoms with Crippen molar-refractivity contribution in [3.05, 3.63) is 0 Å². The van der Waals surface area contributed by atoms with Crippen LogP contribution >= 0.6 is 0 Å². The first kappa shape index (κ1) is 21.6. The van der Waals surface area contributed by atoms with Gasteiger partial charge < -0.3 is 9.47 Å². The van der Waals surface area contributed by atoms with Gasteiger partial charge in [0.1, 0.15) is 5.78 Å². The van der Waals surface area contributed by atoms with Crippen LogP contribution in [0.4, 0.5) is 0 Å². The third-order valence-corrected chi connectivity index (χ3v) is 3.96. The van der Waals surface area contributed by atoms with E-state index in [2.05, 4.69) is 9.47 Å². The van der Waals surface area contributed by atoms with Crippen molar-refractivity contribution in [1.29, 1.82) is 0 Å². The van der Waals surface area contributed by atoms with Crippen molar-refractivity contribution in [1.82, 2.24) is 0 Å². The molecule has 0 bridgehead atoms. The zero-order valence-corrected chi connectivity index (χ0v) is 14.9. The van der Waals surface area contributed by atoms with E-state index in [0.717, 1.165) is 38.5 Å². The van der Waals surface area contributed by atoms with E-state index in [1.165, 1.54) is 14.2 Å². The molecule has 0 spiro atoms. The molecule has 134 valence electrons. The standard InChI is InChI=1S/C18H32O5/c1-15(12-13-18(21)23-3)14-16(19)10-8-6-4-5-7-9-11-17(20)22-2/h15H,4-14H2,1-3H3/t15-/m0/s1. The number of methoxy groups -OCH3 is 2. The van der Waals surface area contributed by atoms with E-state index in [4.69, 9.17) is 0 Å². The molecule has 0 aromatic carbocycles. The minimum atomic E-state index is -0.212. The van der Waals surface area contributed by atoms with Crippen LogP contribution in [0.2, 0.25) is 0 Å². The van der Waals surface area contributed by atoms with Gasteiger partial charge in [-0.15, -0.1) is 0 Å². The number of esters is 2. The quantitative estimate of drug-likeness (QED) is 0.358. The van der Waals surface area contributed by atoms with Gasteiger partial charge >= 0.3 is 11.9 Å². The topological polar surface area (TPSA) is 69.7 Å². The normalized spacial score (nSPS) is 11.8. The summed E-state index contributed by atoms with van der Waals surface area (Å²) >= 11 is 0. The highest BCUT2D eigenvalue weighted by Crippen LogP contribution is 2.15. The van der Waals surface area contributed by atoms with Gasteiger partial charge in [-0.05, 0) is 25.2 Å². The Morgan fingerprint density at radius 2 is 1.22 bits per heavy atom. The predicted molar refractivity (Wildman–Crippen MR) is 89.0 cm³/mol. The Morgan fingerprint density at radius 3 is 1.78 bits per heavy atom. The van der Waals surface area contributed by atoms with Crippen LogP contribution in [0.1, 0.15) is 77.6 Å². The van der Waals surface area contributed by atoms with Gasteiger partial charge in [0.25, 0.3) is 0 Å². The molecule has 5 heteroatoms. The Labute approximate surface area is 140 Å². The third-order valence-electron chi connectivity index (χ3n) is 3.96. The maximum atomic E-state index is 11.8. The highest BCUT2D eigenvalue weighted by Gasteiger charge is 2.11. The number of ether oxygens (including phenoxy) is 2. The average molecular weight is 328 g/mol. The summed E-state index contributed by atoms with van der Waals surface area (Å²) in [7, 11) is 2.79. The first-order valence-electron chi connectivity index (χ1n) is 8.65. The molecule has 23 heavy (non-hydrogen) atoms. The molecule has 1 atom stereocenters. The summed E-state index contributed by atoms with van der Waals surface area (Å²) in [5.74, 6) is 0.168. The molecule has 0 N–H and O–H groups in total. The number of rotatable bonds is 14. The fourth-order valence-electron chi connectivity index (χ4n) is 2.46. The van der Waals surface area contributed by atoms with Crippen LogP contribution in [-0.4, -0.2) is 31.9 Å². The highest BCUT2D eigenvalue weighted by molar-refractivity contribution is 5.78. The van der Waals surface area contributed by atoms with Gasteiger partial charge in [0, 0.05) is 25.7 Å². The van der Waals surface area contributed by atoms with Crippen LogP contribution in [0, 0.1) is 5.92 Å². The summed E-state index contributed by atoms with van der Waals surface area (Å²) in [6.45, 7) is 2.00. The Kier molecular flexibility index (Phi) is 13.4. The van der Waals surface area contributed by atoms with E-state index in [1.807, 2.05) is 6.92 Å². The van der Waals surface area contributed by atoms with Crippen LogP contribution in [0.25, 0.3) is 0 Å². The van der Waals surface area contributed by atoms with E-state index < -0.39 is 0 Å². The molecule has 0 aliphatic rings. The van der Waals surface area contributed by atoms with Gasteiger partial charge in [-0.1, -0.05) is 32.6 Å². The van der Waals surface area contributed by atoms with Gasteiger partial charge in [0.15, 0.2) is 0 Å². The number of carbonyl (C=O) groups is 3. The molecular formula is C18H32O5. The first-order valence-corrected chi connectivity index (χ1v) is 8.65. The molecule has 0 rings (SSSR count). The van der Waals surface area contributed by atoms with E-state index in [0.29, 0.717) is 32.1 Å². The second-order valence-corrected chi connectivity index (χ2v) is 6.16. The largest absolute Gasteiger partial charge is 0.469 e. The van der Waals surface area contributed by atoms with Gasteiger partial charge in [0.05, 0.1) is 14.2 Å². The summed E-state index contributed by atoms with van der Waals surface area (Å²) in [5, 5.41) is 0. The van der Waals surface area contributed by atoms with E-state index in [9.17, 15) is 14.4 Å².